The summed E-state index contributed by atoms with van der Waals surface area (Å²) in [7, 11) is 0. The summed E-state index contributed by atoms with van der Waals surface area (Å²) >= 11 is 1.41. The molecule has 0 N–H and O–H groups in total. The molecule has 150 valence electrons. The van der Waals surface area contributed by atoms with Crippen molar-refractivity contribution < 1.29 is 14.3 Å². The molecular weight excluding hydrogens is 384 g/mol. The number of carbonyl (C=O) groups is 1. The highest BCUT2D eigenvalue weighted by Crippen LogP contribution is 2.27. The van der Waals surface area contributed by atoms with Crippen LogP contribution in [0.3, 0.4) is 0 Å². The number of piperidine rings is 1. The Balaban J connectivity index is 1.36. The molecule has 0 bridgehead atoms. The van der Waals surface area contributed by atoms with Crippen molar-refractivity contribution in [2.75, 3.05) is 26.2 Å². The van der Waals surface area contributed by atoms with Crippen LogP contribution in [0, 0.1) is 0 Å². The number of ketones is 1. The van der Waals surface area contributed by atoms with Gasteiger partial charge in [-0.1, -0.05) is 12.5 Å². The number of aromatic nitrogens is 1. The van der Waals surface area contributed by atoms with E-state index in [9.17, 15) is 4.79 Å². The van der Waals surface area contributed by atoms with Gasteiger partial charge in [-0.15, -0.1) is 11.3 Å². The second-order valence-electron chi connectivity index (χ2n) is 6.99. The maximum absolute atomic E-state index is 12.7. The van der Waals surface area contributed by atoms with Crippen LogP contribution in [0.25, 0.3) is 0 Å². The lowest BCUT2D eigenvalue weighted by atomic mass is 10.1. The highest BCUT2D eigenvalue weighted by molar-refractivity contribution is 7.12. The zero-order valence-electron chi connectivity index (χ0n) is 16.3. The molecule has 0 radical (unpaired) electrons. The van der Waals surface area contributed by atoms with E-state index < -0.39 is 0 Å². The average molecular weight is 409 g/mol. The Kier molecular flexibility index (Phi) is 6.54. The van der Waals surface area contributed by atoms with E-state index in [0.717, 1.165) is 12.3 Å². The Morgan fingerprint density at radius 3 is 2.55 bits per heavy atom. The maximum atomic E-state index is 12.7. The number of benzene rings is 1. The van der Waals surface area contributed by atoms with Crippen molar-refractivity contribution in [2.24, 2.45) is 0 Å². The Morgan fingerprint density at radius 2 is 1.79 bits per heavy atom. The van der Waals surface area contributed by atoms with Crippen molar-refractivity contribution in [1.29, 1.82) is 0 Å². The Bertz CT molecular complexity index is 920. The van der Waals surface area contributed by atoms with Gasteiger partial charge in [0.05, 0.1) is 10.4 Å². The third kappa shape index (κ3) is 5.22. The minimum Gasteiger partial charge on any atom is -0.492 e. The van der Waals surface area contributed by atoms with Gasteiger partial charge in [-0.25, -0.2) is 4.98 Å². The molecule has 0 aliphatic carbocycles. The number of rotatable bonds is 8. The summed E-state index contributed by atoms with van der Waals surface area (Å²) in [4.78, 5) is 20.1. The number of ether oxygens (including phenoxy) is 2. The van der Waals surface area contributed by atoms with Gasteiger partial charge in [0.15, 0.2) is 0 Å². The second kappa shape index (κ2) is 9.67. The van der Waals surface area contributed by atoms with Crippen molar-refractivity contribution in [3.63, 3.8) is 0 Å². The normalized spacial score (nSPS) is 14.5. The molecule has 1 aliphatic rings. The molecule has 0 saturated carbocycles. The van der Waals surface area contributed by atoms with E-state index in [-0.39, 0.29) is 5.78 Å². The van der Waals surface area contributed by atoms with Gasteiger partial charge in [-0.3, -0.25) is 9.69 Å². The highest BCUT2D eigenvalue weighted by atomic mass is 32.1. The summed E-state index contributed by atoms with van der Waals surface area (Å²) in [6.07, 6.45) is 5.54. The van der Waals surface area contributed by atoms with Crippen molar-refractivity contribution >= 4 is 17.1 Å². The minimum atomic E-state index is -0.0826. The largest absolute Gasteiger partial charge is 0.492 e. The van der Waals surface area contributed by atoms with Crippen molar-refractivity contribution in [2.45, 2.75) is 19.3 Å². The Labute approximate surface area is 174 Å². The molecule has 5 nitrogen and oxygen atoms in total. The number of thiophene rings is 1. The van der Waals surface area contributed by atoms with Crippen LogP contribution >= 0.6 is 11.3 Å². The molecule has 3 aromatic rings. The number of pyridine rings is 1. The van der Waals surface area contributed by atoms with Crippen LogP contribution < -0.4 is 9.47 Å². The van der Waals surface area contributed by atoms with Gasteiger partial charge >= 0.3 is 0 Å². The van der Waals surface area contributed by atoms with E-state index >= 15 is 0 Å². The fourth-order valence-electron chi connectivity index (χ4n) is 3.38. The molecule has 1 saturated heterocycles. The van der Waals surface area contributed by atoms with E-state index in [0.29, 0.717) is 28.7 Å². The molecule has 0 amide bonds. The predicted molar refractivity (Wildman–Crippen MR) is 114 cm³/mol. The van der Waals surface area contributed by atoms with E-state index in [1.807, 2.05) is 35.7 Å². The highest BCUT2D eigenvalue weighted by Gasteiger charge is 2.17. The number of carbonyl (C=O) groups excluding carboxylic acids is 1. The van der Waals surface area contributed by atoms with Crippen LogP contribution in [-0.4, -0.2) is 41.9 Å². The van der Waals surface area contributed by atoms with Gasteiger partial charge in [-0.2, -0.15) is 0 Å². The summed E-state index contributed by atoms with van der Waals surface area (Å²) in [6.45, 7) is 3.99. The summed E-state index contributed by atoms with van der Waals surface area (Å²) in [5.41, 5.74) is 0.455. The fraction of sp³-hybridized carbons (Fsp3) is 0.304. The third-order valence-corrected chi connectivity index (χ3v) is 5.79. The summed E-state index contributed by atoms with van der Waals surface area (Å²) in [5, 5.41) is 1.88. The molecule has 6 heteroatoms. The average Bonchev–Trinajstić information content (AvgIpc) is 3.31. The van der Waals surface area contributed by atoms with E-state index in [1.54, 1.807) is 24.4 Å². The Morgan fingerprint density at radius 1 is 1.00 bits per heavy atom. The maximum Gasteiger partial charge on any atom is 0.230 e. The first-order valence-electron chi connectivity index (χ1n) is 9.96. The first kappa shape index (κ1) is 19.6. The number of likely N-dealkylation sites (tertiary alicyclic amines) is 1. The first-order chi connectivity index (χ1) is 14.3. The molecule has 1 aliphatic heterocycles. The van der Waals surface area contributed by atoms with Gasteiger partial charge in [0, 0.05) is 12.7 Å². The lowest BCUT2D eigenvalue weighted by Gasteiger charge is -2.26. The lowest BCUT2D eigenvalue weighted by Crippen LogP contribution is -2.33. The minimum absolute atomic E-state index is 0.0826. The monoisotopic (exact) mass is 408 g/mol. The van der Waals surface area contributed by atoms with Crippen LogP contribution in [-0.2, 0) is 0 Å². The standard InChI is InChI=1S/C23H24N2O3S/c26-22(21-7-5-17-29-21)20-6-4-12-24-23(20)28-19-10-8-18(9-11-19)27-16-15-25-13-2-1-3-14-25/h4-12,17H,1-3,13-16H2. The van der Waals surface area contributed by atoms with Gasteiger partial charge in [-0.05, 0) is 73.8 Å². The molecular formula is C23H24N2O3S. The van der Waals surface area contributed by atoms with Crippen LogP contribution in [0.4, 0.5) is 0 Å². The molecule has 29 heavy (non-hydrogen) atoms. The number of hydrogen-bond donors (Lipinski definition) is 0. The van der Waals surface area contributed by atoms with Gasteiger partial charge in [0.2, 0.25) is 11.7 Å². The van der Waals surface area contributed by atoms with Gasteiger partial charge in [0.25, 0.3) is 0 Å². The van der Waals surface area contributed by atoms with Gasteiger partial charge < -0.3 is 9.47 Å². The first-order valence-corrected chi connectivity index (χ1v) is 10.8. The van der Waals surface area contributed by atoms with Crippen molar-refractivity contribution in [1.82, 2.24) is 9.88 Å². The van der Waals surface area contributed by atoms with E-state index in [2.05, 4.69) is 9.88 Å². The van der Waals surface area contributed by atoms with Crippen LogP contribution in [0.5, 0.6) is 17.4 Å². The van der Waals surface area contributed by atoms with E-state index in [1.165, 1.54) is 43.7 Å². The molecule has 2 aromatic heterocycles. The molecule has 0 atom stereocenters. The molecule has 0 unspecified atom stereocenters. The predicted octanol–water partition coefficient (Wildman–Crippen LogP) is 5.03. The molecule has 1 fully saturated rings. The zero-order chi connectivity index (χ0) is 19.9. The smallest absolute Gasteiger partial charge is 0.230 e. The molecule has 3 heterocycles. The fourth-order valence-corrected chi connectivity index (χ4v) is 4.05. The van der Waals surface area contributed by atoms with Crippen LogP contribution in [0.15, 0.2) is 60.1 Å². The quantitative estimate of drug-likeness (QED) is 0.489. The zero-order valence-corrected chi connectivity index (χ0v) is 17.1. The third-order valence-electron chi connectivity index (χ3n) is 4.92. The second-order valence-corrected chi connectivity index (χ2v) is 7.93. The lowest BCUT2D eigenvalue weighted by molar-refractivity contribution is 0.103. The molecule has 1 aromatic carbocycles. The molecule has 4 rings (SSSR count). The Hall–Kier alpha value is -2.70. The van der Waals surface area contributed by atoms with Gasteiger partial charge in [0.1, 0.15) is 18.1 Å². The number of nitrogens with zero attached hydrogens (tertiary/aromatic N) is 2. The summed E-state index contributed by atoms with van der Waals surface area (Å²) in [6, 6.07) is 14.6. The van der Waals surface area contributed by atoms with Crippen molar-refractivity contribution in [3.05, 3.63) is 70.5 Å². The van der Waals surface area contributed by atoms with Crippen LogP contribution in [0.1, 0.15) is 34.5 Å². The van der Waals surface area contributed by atoms with E-state index in [4.69, 9.17) is 9.47 Å². The van der Waals surface area contributed by atoms with Crippen molar-refractivity contribution in [3.8, 4) is 17.4 Å². The van der Waals surface area contributed by atoms with Crippen LogP contribution in [0.2, 0.25) is 0 Å². The molecule has 0 spiro atoms. The SMILES string of the molecule is O=C(c1cccs1)c1cccnc1Oc1ccc(OCCN2CCCCC2)cc1. The number of hydrogen-bond acceptors (Lipinski definition) is 6. The summed E-state index contributed by atoms with van der Waals surface area (Å²) < 4.78 is 11.8. The topological polar surface area (TPSA) is 51.7 Å². The summed E-state index contributed by atoms with van der Waals surface area (Å²) in [5.74, 6) is 1.66.